The molecular formula is C12H12F2N2O2. The molecule has 2 amide bonds. The Balaban J connectivity index is 2.12. The number of benzene rings is 1. The van der Waals surface area contributed by atoms with E-state index in [2.05, 4.69) is 10.6 Å². The minimum Gasteiger partial charge on any atom is -0.354 e. The summed E-state index contributed by atoms with van der Waals surface area (Å²) in [6, 6.07) is 2.66. The number of halogens is 2. The summed E-state index contributed by atoms with van der Waals surface area (Å²) in [6.07, 6.45) is 1.23. The number of carbonyl (C=O) groups excluding carboxylic acids is 2. The molecule has 6 heteroatoms. The summed E-state index contributed by atoms with van der Waals surface area (Å²) in [5.41, 5.74) is -0.395. The smallest absolute Gasteiger partial charge is 0.255 e. The molecule has 2 N–H and O–H groups in total. The Hall–Kier alpha value is -1.98. The van der Waals surface area contributed by atoms with Gasteiger partial charge >= 0.3 is 0 Å². The molecule has 18 heavy (non-hydrogen) atoms. The van der Waals surface area contributed by atoms with Gasteiger partial charge < -0.3 is 10.6 Å². The van der Waals surface area contributed by atoms with Crippen molar-refractivity contribution in [3.63, 3.8) is 0 Å². The lowest BCUT2D eigenvalue weighted by Crippen LogP contribution is -2.50. The van der Waals surface area contributed by atoms with Crippen LogP contribution in [0.15, 0.2) is 18.2 Å². The van der Waals surface area contributed by atoms with Crippen LogP contribution in [0.4, 0.5) is 8.78 Å². The third kappa shape index (κ3) is 2.47. The van der Waals surface area contributed by atoms with Gasteiger partial charge in [-0.1, -0.05) is 6.07 Å². The molecule has 1 aliphatic heterocycles. The van der Waals surface area contributed by atoms with E-state index in [1.54, 1.807) is 0 Å². The van der Waals surface area contributed by atoms with Gasteiger partial charge in [-0.15, -0.1) is 0 Å². The van der Waals surface area contributed by atoms with Crippen LogP contribution >= 0.6 is 0 Å². The minimum atomic E-state index is -1.20. The number of piperidine rings is 1. The Morgan fingerprint density at radius 3 is 2.89 bits per heavy atom. The average molecular weight is 254 g/mol. The lowest BCUT2D eigenvalue weighted by molar-refractivity contribution is -0.124. The van der Waals surface area contributed by atoms with Crippen molar-refractivity contribution in [3.8, 4) is 0 Å². The molecule has 0 bridgehead atoms. The lowest BCUT2D eigenvalue weighted by atomic mass is 10.1. The fourth-order valence-corrected chi connectivity index (χ4v) is 1.82. The highest BCUT2D eigenvalue weighted by atomic mass is 19.2. The van der Waals surface area contributed by atoms with Gasteiger partial charge in [0.2, 0.25) is 5.91 Å². The van der Waals surface area contributed by atoms with E-state index < -0.39 is 29.1 Å². The largest absolute Gasteiger partial charge is 0.354 e. The van der Waals surface area contributed by atoms with Crippen molar-refractivity contribution in [2.45, 2.75) is 18.9 Å². The van der Waals surface area contributed by atoms with Crippen LogP contribution in [0.2, 0.25) is 0 Å². The molecule has 0 aliphatic carbocycles. The highest BCUT2D eigenvalue weighted by Gasteiger charge is 2.25. The zero-order valence-electron chi connectivity index (χ0n) is 9.50. The van der Waals surface area contributed by atoms with Crippen LogP contribution in [0, 0.1) is 11.6 Å². The number of carbonyl (C=O) groups is 2. The quantitative estimate of drug-likeness (QED) is 0.826. The second-order valence-electron chi connectivity index (χ2n) is 4.06. The summed E-state index contributed by atoms with van der Waals surface area (Å²) in [6.45, 7) is 0.569. The van der Waals surface area contributed by atoms with Crippen LogP contribution < -0.4 is 10.6 Å². The highest BCUT2D eigenvalue weighted by molar-refractivity contribution is 5.97. The van der Waals surface area contributed by atoms with Gasteiger partial charge in [0.05, 0.1) is 5.56 Å². The standard InChI is InChI=1S/C12H12F2N2O2/c13-8-4-1-3-7(10(8)14)11(17)16-9-5-2-6-15-12(9)18/h1,3-4,9H,2,5-6H2,(H,15,18)(H,16,17)/t9-/m0/s1. The lowest BCUT2D eigenvalue weighted by Gasteiger charge is -2.22. The molecule has 0 radical (unpaired) electrons. The molecule has 0 spiro atoms. The molecule has 0 unspecified atom stereocenters. The van der Waals surface area contributed by atoms with Gasteiger partial charge in [0.1, 0.15) is 6.04 Å². The number of amides is 2. The van der Waals surface area contributed by atoms with Crippen molar-refractivity contribution < 1.29 is 18.4 Å². The highest BCUT2D eigenvalue weighted by Crippen LogP contribution is 2.12. The second kappa shape index (κ2) is 5.12. The second-order valence-corrected chi connectivity index (χ2v) is 4.06. The van der Waals surface area contributed by atoms with Gasteiger partial charge in [-0.05, 0) is 25.0 Å². The fraction of sp³-hybridized carbons (Fsp3) is 0.333. The van der Waals surface area contributed by atoms with Crippen molar-refractivity contribution in [2.24, 2.45) is 0 Å². The Bertz CT molecular complexity index is 491. The maximum Gasteiger partial charge on any atom is 0.255 e. The summed E-state index contributed by atoms with van der Waals surface area (Å²) in [4.78, 5) is 23.2. The van der Waals surface area contributed by atoms with Crippen molar-refractivity contribution in [1.82, 2.24) is 10.6 Å². The molecule has 1 heterocycles. The normalized spacial score (nSPS) is 19.2. The van der Waals surface area contributed by atoms with E-state index in [1.807, 2.05) is 0 Å². The van der Waals surface area contributed by atoms with Crippen molar-refractivity contribution in [3.05, 3.63) is 35.4 Å². The molecular weight excluding hydrogens is 242 g/mol. The topological polar surface area (TPSA) is 58.2 Å². The fourth-order valence-electron chi connectivity index (χ4n) is 1.82. The third-order valence-corrected chi connectivity index (χ3v) is 2.79. The first-order valence-electron chi connectivity index (χ1n) is 5.62. The van der Waals surface area contributed by atoms with E-state index in [-0.39, 0.29) is 5.91 Å². The van der Waals surface area contributed by atoms with Gasteiger partial charge in [0.15, 0.2) is 11.6 Å². The number of hydrogen-bond acceptors (Lipinski definition) is 2. The molecule has 1 saturated heterocycles. The van der Waals surface area contributed by atoms with Crippen LogP contribution in [0.5, 0.6) is 0 Å². The molecule has 4 nitrogen and oxygen atoms in total. The van der Waals surface area contributed by atoms with E-state index in [0.717, 1.165) is 12.5 Å². The van der Waals surface area contributed by atoms with Crippen molar-refractivity contribution >= 4 is 11.8 Å². The molecule has 96 valence electrons. The first-order valence-corrected chi connectivity index (χ1v) is 5.62. The van der Waals surface area contributed by atoms with Crippen LogP contribution in [-0.4, -0.2) is 24.4 Å². The van der Waals surface area contributed by atoms with Gasteiger partial charge in [-0.25, -0.2) is 8.78 Å². The molecule has 0 saturated carbocycles. The average Bonchev–Trinajstić information content (AvgIpc) is 2.35. The Morgan fingerprint density at radius 2 is 2.17 bits per heavy atom. The zero-order chi connectivity index (χ0) is 13.1. The summed E-state index contributed by atoms with van der Waals surface area (Å²) in [5.74, 6) is -3.37. The predicted molar refractivity (Wildman–Crippen MR) is 59.9 cm³/mol. The Kier molecular flexibility index (Phi) is 3.55. The monoisotopic (exact) mass is 254 g/mol. The molecule has 1 aliphatic rings. The van der Waals surface area contributed by atoms with E-state index in [0.29, 0.717) is 13.0 Å². The molecule has 0 aromatic heterocycles. The van der Waals surface area contributed by atoms with Crippen LogP contribution in [0.3, 0.4) is 0 Å². The van der Waals surface area contributed by atoms with Gasteiger partial charge in [-0.3, -0.25) is 9.59 Å². The minimum absolute atomic E-state index is 0.300. The molecule has 2 rings (SSSR count). The third-order valence-electron chi connectivity index (χ3n) is 2.79. The van der Waals surface area contributed by atoms with Crippen molar-refractivity contribution in [1.29, 1.82) is 0 Å². The maximum atomic E-state index is 13.4. The number of rotatable bonds is 2. The zero-order valence-corrected chi connectivity index (χ0v) is 9.50. The molecule has 1 aromatic carbocycles. The van der Waals surface area contributed by atoms with Gasteiger partial charge in [0.25, 0.3) is 5.91 Å². The maximum absolute atomic E-state index is 13.4. The van der Waals surface area contributed by atoms with Crippen LogP contribution in [-0.2, 0) is 4.79 Å². The Morgan fingerprint density at radius 1 is 1.39 bits per heavy atom. The Labute approximate surface area is 102 Å². The van der Waals surface area contributed by atoms with Gasteiger partial charge in [-0.2, -0.15) is 0 Å². The molecule has 1 fully saturated rings. The van der Waals surface area contributed by atoms with Crippen molar-refractivity contribution in [2.75, 3.05) is 6.54 Å². The summed E-state index contributed by atoms with van der Waals surface area (Å²) < 4.78 is 26.3. The van der Waals surface area contributed by atoms with E-state index in [4.69, 9.17) is 0 Å². The van der Waals surface area contributed by atoms with Gasteiger partial charge in [0, 0.05) is 6.54 Å². The number of nitrogens with one attached hydrogen (secondary N) is 2. The first-order chi connectivity index (χ1) is 8.59. The predicted octanol–water partition coefficient (Wildman–Crippen LogP) is 0.973. The summed E-state index contributed by atoms with van der Waals surface area (Å²) in [5, 5.41) is 4.99. The summed E-state index contributed by atoms with van der Waals surface area (Å²) in [7, 11) is 0. The summed E-state index contributed by atoms with van der Waals surface area (Å²) >= 11 is 0. The molecule has 1 atom stereocenters. The van der Waals surface area contributed by atoms with Crippen LogP contribution in [0.25, 0.3) is 0 Å². The SMILES string of the molecule is O=C(N[C@H]1CCCNC1=O)c1cccc(F)c1F. The molecule has 1 aromatic rings. The number of hydrogen-bond donors (Lipinski definition) is 2. The van der Waals surface area contributed by atoms with E-state index >= 15 is 0 Å². The van der Waals surface area contributed by atoms with E-state index in [9.17, 15) is 18.4 Å². The van der Waals surface area contributed by atoms with E-state index in [1.165, 1.54) is 12.1 Å². The van der Waals surface area contributed by atoms with Crippen LogP contribution in [0.1, 0.15) is 23.2 Å². The first kappa shape index (κ1) is 12.5.